The molecule has 0 spiro atoms. The van der Waals surface area contributed by atoms with Crippen molar-refractivity contribution in [2.24, 2.45) is 0 Å². The van der Waals surface area contributed by atoms with Crippen LogP contribution < -0.4 is 0 Å². The fourth-order valence-corrected chi connectivity index (χ4v) is 3.15. The summed E-state index contributed by atoms with van der Waals surface area (Å²) >= 11 is 1.46. The van der Waals surface area contributed by atoms with Gasteiger partial charge in [0.15, 0.2) is 12.4 Å². The highest BCUT2D eigenvalue weighted by molar-refractivity contribution is 7.16. The summed E-state index contributed by atoms with van der Waals surface area (Å²) in [6, 6.07) is 12.6. The van der Waals surface area contributed by atoms with Gasteiger partial charge in [-0.3, -0.25) is 4.79 Å². The minimum atomic E-state index is -0.505. The number of Topliss-reactive ketones (excluding diaryl/α,β-unsaturated/α-hetero) is 1. The summed E-state index contributed by atoms with van der Waals surface area (Å²) in [6.45, 7) is 6.08. The largest absolute Gasteiger partial charge is 0.454 e. The van der Waals surface area contributed by atoms with Crippen LogP contribution in [0.5, 0.6) is 0 Å². The lowest BCUT2D eigenvalue weighted by molar-refractivity contribution is 0.0475. The molecule has 1 heterocycles. The maximum atomic E-state index is 12.2. The second-order valence-electron chi connectivity index (χ2n) is 6.86. The summed E-state index contributed by atoms with van der Waals surface area (Å²) < 4.78 is 6.08. The van der Waals surface area contributed by atoms with Gasteiger partial charge in [0, 0.05) is 5.56 Å². The maximum Gasteiger partial charge on any atom is 0.338 e. The molecule has 0 fully saturated rings. The van der Waals surface area contributed by atoms with E-state index in [0.29, 0.717) is 11.1 Å². The molecular formula is C20H19NO3S. The molecule has 0 N–H and O–H groups in total. The van der Waals surface area contributed by atoms with Gasteiger partial charge < -0.3 is 4.74 Å². The van der Waals surface area contributed by atoms with E-state index in [4.69, 9.17) is 4.74 Å². The Balaban J connectivity index is 1.64. The molecule has 0 unspecified atom stereocenters. The van der Waals surface area contributed by atoms with Crippen LogP contribution in [0.25, 0.3) is 10.2 Å². The number of aromatic nitrogens is 1. The molecule has 0 bridgehead atoms. The number of carbonyl (C=O) groups is 2. The van der Waals surface area contributed by atoms with Crippen LogP contribution in [0.4, 0.5) is 0 Å². The van der Waals surface area contributed by atoms with Crippen LogP contribution >= 0.6 is 11.3 Å². The first-order chi connectivity index (χ1) is 11.8. The molecule has 0 saturated heterocycles. The number of esters is 1. The van der Waals surface area contributed by atoms with E-state index in [9.17, 15) is 9.59 Å². The fraction of sp³-hybridized carbons (Fsp3) is 0.250. The van der Waals surface area contributed by atoms with Crippen LogP contribution in [0.3, 0.4) is 0 Å². The summed E-state index contributed by atoms with van der Waals surface area (Å²) in [5, 5.41) is 0. The van der Waals surface area contributed by atoms with Gasteiger partial charge >= 0.3 is 5.97 Å². The Morgan fingerprint density at radius 1 is 1.04 bits per heavy atom. The standard InChI is InChI=1S/C20H19NO3S/c1-20(2,3)15-7-4-13(5-8-15)17(22)11-24-19(23)14-6-9-16-18(10-14)25-12-21-16/h4-10,12H,11H2,1-3H3. The summed E-state index contributed by atoms with van der Waals surface area (Å²) in [5.74, 6) is -0.720. The van der Waals surface area contributed by atoms with E-state index in [2.05, 4.69) is 25.8 Å². The number of hydrogen-bond donors (Lipinski definition) is 0. The molecule has 5 heteroatoms. The molecule has 25 heavy (non-hydrogen) atoms. The molecule has 2 aromatic carbocycles. The molecule has 0 aliphatic heterocycles. The summed E-state index contributed by atoms with van der Waals surface area (Å²) in [4.78, 5) is 28.5. The Hall–Kier alpha value is -2.53. The number of nitrogens with zero attached hydrogens (tertiary/aromatic N) is 1. The lowest BCUT2D eigenvalue weighted by Crippen LogP contribution is -2.15. The highest BCUT2D eigenvalue weighted by Gasteiger charge is 2.16. The third kappa shape index (κ3) is 3.94. The molecule has 0 saturated carbocycles. The summed E-state index contributed by atoms with van der Waals surface area (Å²) in [6.07, 6.45) is 0. The number of ketones is 1. The van der Waals surface area contributed by atoms with Gasteiger partial charge in [0.1, 0.15) is 0 Å². The Kier molecular flexibility index (Phi) is 4.68. The number of thiazole rings is 1. The van der Waals surface area contributed by atoms with Crippen molar-refractivity contribution in [1.29, 1.82) is 0 Å². The summed E-state index contributed by atoms with van der Waals surface area (Å²) in [7, 11) is 0. The molecule has 128 valence electrons. The van der Waals surface area contributed by atoms with E-state index in [1.807, 2.05) is 12.1 Å². The zero-order chi connectivity index (χ0) is 18.0. The van der Waals surface area contributed by atoms with E-state index in [0.717, 1.165) is 15.8 Å². The topological polar surface area (TPSA) is 56.3 Å². The molecule has 1 aromatic heterocycles. The van der Waals surface area contributed by atoms with Crippen molar-refractivity contribution in [2.75, 3.05) is 6.61 Å². The average molecular weight is 353 g/mol. The van der Waals surface area contributed by atoms with Gasteiger partial charge in [-0.05, 0) is 29.2 Å². The number of ether oxygens (including phenoxy) is 1. The predicted molar refractivity (Wildman–Crippen MR) is 99.4 cm³/mol. The zero-order valence-corrected chi connectivity index (χ0v) is 15.2. The minimum Gasteiger partial charge on any atom is -0.454 e. The SMILES string of the molecule is CC(C)(C)c1ccc(C(=O)COC(=O)c2ccc3ncsc3c2)cc1. The van der Waals surface area contributed by atoms with E-state index < -0.39 is 5.97 Å². The van der Waals surface area contributed by atoms with Crippen LogP contribution in [-0.2, 0) is 10.2 Å². The lowest BCUT2D eigenvalue weighted by atomic mass is 9.86. The van der Waals surface area contributed by atoms with Gasteiger partial charge in [-0.25, -0.2) is 9.78 Å². The Morgan fingerprint density at radius 3 is 2.40 bits per heavy atom. The lowest BCUT2D eigenvalue weighted by Gasteiger charge is -2.18. The number of fused-ring (bicyclic) bond motifs is 1. The van der Waals surface area contributed by atoms with E-state index >= 15 is 0 Å². The van der Waals surface area contributed by atoms with E-state index in [1.54, 1.807) is 35.8 Å². The van der Waals surface area contributed by atoms with Crippen molar-refractivity contribution in [3.63, 3.8) is 0 Å². The Bertz CT molecular complexity index is 920. The Morgan fingerprint density at radius 2 is 1.72 bits per heavy atom. The molecular weight excluding hydrogens is 334 g/mol. The maximum absolute atomic E-state index is 12.2. The third-order valence-electron chi connectivity index (χ3n) is 3.97. The van der Waals surface area contributed by atoms with Gasteiger partial charge in [-0.1, -0.05) is 45.0 Å². The minimum absolute atomic E-state index is 0.0311. The van der Waals surface area contributed by atoms with Crippen molar-refractivity contribution < 1.29 is 14.3 Å². The second kappa shape index (κ2) is 6.76. The number of carbonyl (C=O) groups excluding carboxylic acids is 2. The quantitative estimate of drug-likeness (QED) is 0.507. The Labute approximate surface area is 150 Å². The van der Waals surface area contributed by atoms with Crippen molar-refractivity contribution in [3.05, 3.63) is 64.7 Å². The van der Waals surface area contributed by atoms with Gasteiger partial charge in [0.25, 0.3) is 0 Å². The summed E-state index contributed by atoms with van der Waals surface area (Å²) in [5.41, 5.74) is 4.72. The average Bonchev–Trinajstić information content (AvgIpc) is 3.06. The van der Waals surface area contributed by atoms with Crippen LogP contribution in [0, 0.1) is 0 Å². The number of benzene rings is 2. The number of hydrogen-bond acceptors (Lipinski definition) is 5. The van der Waals surface area contributed by atoms with Crippen LogP contribution in [0.2, 0.25) is 0 Å². The smallest absolute Gasteiger partial charge is 0.338 e. The second-order valence-corrected chi connectivity index (χ2v) is 7.75. The monoisotopic (exact) mass is 353 g/mol. The first-order valence-electron chi connectivity index (χ1n) is 7.99. The molecule has 0 atom stereocenters. The van der Waals surface area contributed by atoms with E-state index in [-0.39, 0.29) is 17.8 Å². The normalized spacial score (nSPS) is 11.5. The van der Waals surface area contributed by atoms with Crippen molar-refractivity contribution in [2.45, 2.75) is 26.2 Å². The van der Waals surface area contributed by atoms with Crippen molar-refractivity contribution in [3.8, 4) is 0 Å². The van der Waals surface area contributed by atoms with Crippen molar-refractivity contribution >= 4 is 33.3 Å². The van der Waals surface area contributed by atoms with Crippen LogP contribution in [-0.4, -0.2) is 23.3 Å². The van der Waals surface area contributed by atoms with Gasteiger partial charge in [-0.15, -0.1) is 11.3 Å². The molecule has 3 rings (SSSR count). The van der Waals surface area contributed by atoms with Gasteiger partial charge in [0.2, 0.25) is 0 Å². The fourth-order valence-electron chi connectivity index (χ4n) is 2.44. The zero-order valence-electron chi connectivity index (χ0n) is 14.4. The van der Waals surface area contributed by atoms with Crippen LogP contribution in [0.15, 0.2) is 48.0 Å². The van der Waals surface area contributed by atoms with Crippen LogP contribution in [0.1, 0.15) is 47.1 Å². The molecule has 0 aliphatic rings. The highest BCUT2D eigenvalue weighted by Crippen LogP contribution is 2.22. The highest BCUT2D eigenvalue weighted by atomic mass is 32.1. The molecule has 0 amide bonds. The van der Waals surface area contributed by atoms with Crippen molar-refractivity contribution in [1.82, 2.24) is 4.98 Å². The third-order valence-corrected chi connectivity index (χ3v) is 4.77. The first kappa shape index (κ1) is 17.3. The molecule has 0 aliphatic carbocycles. The molecule has 4 nitrogen and oxygen atoms in total. The predicted octanol–water partition coefficient (Wildman–Crippen LogP) is 4.63. The molecule has 3 aromatic rings. The van der Waals surface area contributed by atoms with Gasteiger partial charge in [-0.2, -0.15) is 0 Å². The number of rotatable bonds is 4. The van der Waals surface area contributed by atoms with Gasteiger partial charge in [0.05, 0.1) is 21.3 Å². The van der Waals surface area contributed by atoms with E-state index in [1.165, 1.54) is 11.3 Å². The molecule has 0 radical (unpaired) electrons. The first-order valence-corrected chi connectivity index (χ1v) is 8.87.